The molecule has 2 aromatic carbocycles. The molecule has 5 rings (SSSR count). The Morgan fingerprint density at radius 2 is 1.97 bits per heavy atom. The molecule has 2 N–H and O–H groups in total. The highest BCUT2D eigenvalue weighted by molar-refractivity contribution is 7.86. The third-order valence-electron chi connectivity index (χ3n) is 6.54. The Bertz CT molecular complexity index is 1190. The highest BCUT2D eigenvalue weighted by atomic mass is 32.2. The number of benzene rings is 2. The van der Waals surface area contributed by atoms with Crippen molar-refractivity contribution < 1.29 is 12.6 Å². The Labute approximate surface area is 182 Å². The van der Waals surface area contributed by atoms with E-state index < -0.39 is 10.1 Å². The van der Waals surface area contributed by atoms with Gasteiger partial charge in [-0.1, -0.05) is 29.8 Å². The topological polar surface area (TPSA) is 71.2 Å². The Hall–Kier alpha value is -1.80. The maximum atomic E-state index is 12.6. The van der Waals surface area contributed by atoms with Crippen molar-refractivity contribution in [2.75, 3.05) is 13.2 Å². The summed E-state index contributed by atoms with van der Waals surface area (Å²) in [5, 5.41) is 5.00. The fourth-order valence-electron chi connectivity index (χ4n) is 5.00. The van der Waals surface area contributed by atoms with Crippen LogP contribution in [0.2, 0.25) is 0 Å². The molecule has 5 nitrogen and oxygen atoms in total. The van der Waals surface area contributed by atoms with Crippen molar-refractivity contribution >= 4 is 33.6 Å². The van der Waals surface area contributed by atoms with Crippen LogP contribution in [0.25, 0.3) is 10.9 Å². The number of piperidine rings is 1. The maximum Gasteiger partial charge on any atom is 0.296 e. The van der Waals surface area contributed by atoms with Crippen LogP contribution in [0.1, 0.15) is 34.7 Å². The number of H-pyrrole nitrogens is 1. The van der Waals surface area contributed by atoms with Gasteiger partial charge in [-0.25, -0.2) is 0 Å². The van der Waals surface area contributed by atoms with E-state index in [0.29, 0.717) is 17.7 Å². The monoisotopic (exact) mass is 442 g/mol. The molecule has 0 radical (unpaired) electrons. The van der Waals surface area contributed by atoms with Gasteiger partial charge >= 0.3 is 0 Å². The van der Waals surface area contributed by atoms with E-state index in [1.807, 2.05) is 6.92 Å². The predicted molar refractivity (Wildman–Crippen MR) is 122 cm³/mol. The molecule has 0 spiro atoms. The maximum absolute atomic E-state index is 12.6. The van der Waals surface area contributed by atoms with E-state index in [-0.39, 0.29) is 17.4 Å². The van der Waals surface area contributed by atoms with Crippen LogP contribution in [-0.4, -0.2) is 32.6 Å². The molecule has 2 heterocycles. The van der Waals surface area contributed by atoms with Gasteiger partial charge in [-0.05, 0) is 55.0 Å². The highest BCUT2D eigenvalue weighted by Crippen LogP contribution is 2.43. The van der Waals surface area contributed by atoms with E-state index in [1.54, 1.807) is 24.3 Å². The largest absolute Gasteiger partial charge is 0.357 e. The fraction of sp³-hybridized carbons (Fsp3) is 0.391. The summed E-state index contributed by atoms with van der Waals surface area (Å²) in [6.07, 6.45) is 1.90. The molecule has 0 saturated carbocycles. The molecule has 1 fully saturated rings. The van der Waals surface area contributed by atoms with Crippen molar-refractivity contribution in [2.24, 2.45) is 5.92 Å². The van der Waals surface area contributed by atoms with Gasteiger partial charge in [0.15, 0.2) is 0 Å². The van der Waals surface area contributed by atoms with Gasteiger partial charge in [0.1, 0.15) is 0 Å². The fourth-order valence-corrected chi connectivity index (χ4v) is 6.25. The number of hydrogen-bond donors (Lipinski definition) is 3. The standard InChI is InChI=1S/C23H26N2O3S2/c1-14-5-7-16(8-6-14)30(26,27)28-12-15-9-18-17-3-2-4-20-23(17)19(22(13-29)25-20)10-21(18)24-11-15/h2-8,15,18,21,24-25,29H,9-13H2,1H3/t15?,18-,21-/m1/s1. The highest BCUT2D eigenvalue weighted by Gasteiger charge is 2.37. The number of thiol groups is 1. The molecule has 3 atom stereocenters. The van der Waals surface area contributed by atoms with Crippen molar-refractivity contribution in [1.29, 1.82) is 0 Å². The lowest BCUT2D eigenvalue weighted by Gasteiger charge is -2.40. The number of nitrogens with one attached hydrogen (secondary N) is 2. The Kier molecular flexibility index (Phi) is 5.17. The summed E-state index contributed by atoms with van der Waals surface area (Å²) >= 11 is 4.50. The minimum Gasteiger partial charge on any atom is -0.357 e. The number of aryl methyl sites for hydroxylation is 1. The number of hydrogen-bond acceptors (Lipinski definition) is 5. The molecule has 0 amide bonds. The molecule has 7 heteroatoms. The molecular formula is C23H26N2O3S2. The molecule has 30 heavy (non-hydrogen) atoms. The molecule has 1 unspecified atom stereocenters. The summed E-state index contributed by atoms with van der Waals surface area (Å²) in [4.78, 5) is 3.74. The van der Waals surface area contributed by atoms with E-state index in [9.17, 15) is 8.42 Å². The van der Waals surface area contributed by atoms with Gasteiger partial charge in [0.05, 0.1) is 11.5 Å². The SMILES string of the molecule is Cc1ccc(S(=O)(=O)OCC2CN[C@@H]3Cc4c(CS)[nH]c5cccc(c45)[C@H]3C2)cc1. The molecule has 1 aromatic heterocycles. The first-order chi connectivity index (χ1) is 14.5. The summed E-state index contributed by atoms with van der Waals surface area (Å²) in [6.45, 7) is 2.89. The van der Waals surface area contributed by atoms with Crippen LogP contribution in [0.3, 0.4) is 0 Å². The van der Waals surface area contributed by atoms with E-state index in [0.717, 1.165) is 24.9 Å². The summed E-state index contributed by atoms with van der Waals surface area (Å²) in [5.74, 6) is 1.20. The van der Waals surface area contributed by atoms with Crippen LogP contribution >= 0.6 is 12.6 Å². The average Bonchev–Trinajstić information content (AvgIpc) is 3.12. The van der Waals surface area contributed by atoms with Crippen LogP contribution in [-0.2, 0) is 26.5 Å². The van der Waals surface area contributed by atoms with E-state index in [1.165, 1.54) is 27.7 Å². The van der Waals surface area contributed by atoms with Crippen LogP contribution in [0.15, 0.2) is 47.4 Å². The molecule has 158 valence electrons. The first-order valence-electron chi connectivity index (χ1n) is 10.4. The summed E-state index contributed by atoms with van der Waals surface area (Å²) in [6, 6.07) is 13.6. The first-order valence-corrected chi connectivity index (χ1v) is 12.4. The number of fused-ring (bicyclic) bond motifs is 2. The minimum absolute atomic E-state index is 0.145. The average molecular weight is 443 g/mol. The first kappa shape index (κ1) is 20.1. The second-order valence-corrected chi connectivity index (χ2v) is 10.4. The molecule has 3 aromatic rings. The summed E-state index contributed by atoms with van der Waals surface area (Å²) in [5.41, 5.74) is 6.12. The number of rotatable bonds is 5. The van der Waals surface area contributed by atoms with Crippen LogP contribution in [0.4, 0.5) is 0 Å². The van der Waals surface area contributed by atoms with Gasteiger partial charge in [-0.2, -0.15) is 21.0 Å². The zero-order valence-corrected chi connectivity index (χ0v) is 18.6. The van der Waals surface area contributed by atoms with Crippen molar-refractivity contribution in [3.05, 3.63) is 64.8 Å². The number of aromatic amines is 1. The van der Waals surface area contributed by atoms with Gasteiger partial charge in [0.2, 0.25) is 0 Å². The van der Waals surface area contributed by atoms with Crippen molar-refractivity contribution in [3.8, 4) is 0 Å². The van der Waals surface area contributed by atoms with E-state index >= 15 is 0 Å². The molecule has 1 saturated heterocycles. The van der Waals surface area contributed by atoms with E-state index in [2.05, 4.69) is 41.1 Å². The quantitative estimate of drug-likeness (QED) is 0.414. The number of aromatic nitrogens is 1. The van der Waals surface area contributed by atoms with Gasteiger partial charge in [0.25, 0.3) is 10.1 Å². The summed E-state index contributed by atoms with van der Waals surface area (Å²) < 4.78 is 30.6. The molecule has 2 aliphatic rings. The van der Waals surface area contributed by atoms with Gasteiger partial charge in [-0.15, -0.1) is 0 Å². The van der Waals surface area contributed by atoms with Crippen LogP contribution in [0, 0.1) is 12.8 Å². The van der Waals surface area contributed by atoms with Gasteiger partial charge in [0, 0.05) is 40.9 Å². The second-order valence-electron chi connectivity index (χ2n) is 8.49. The Morgan fingerprint density at radius 1 is 1.17 bits per heavy atom. The molecule has 1 aliphatic heterocycles. The lowest BCUT2D eigenvalue weighted by Crippen LogP contribution is -2.48. The lowest BCUT2D eigenvalue weighted by atomic mass is 9.73. The lowest BCUT2D eigenvalue weighted by molar-refractivity contribution is 0.187. The zero-order chi connectivity index (χ0) is 20.9. The van der Waals surface area contributed by atoms with E-state index in [4.69, 9.17) is 4.18 Å². The van der Waals surface area contributed by atoms with Gasteiger partial charge < -0.3 is 10.3 Å². The second kappa shape index (κ2) is 7.71. The van der Waals surface area contributed by atoms with Gasteiger partial charge in [-0.3, -0.25) is 4.18 Å². The van der Waals surface area contributed by atoms with Crippen molar-refractivity contribution in [3.63, 3.8) is 0 Å². The molecule has 1 aliphatic carbocycles. The normalized spacial score (nSPS) is 23.5. The molecular weight excluding hydrogens is 416 g/mol. The van der Waals surface area contributed by atoms with Crippen LogP contribution < -0.4 is 5.32 Å². The smallest absolute Gasteiger partial charge is 0.296 e. The minimum atomic E-state index is -3.74. The predicted octanol–water partition coefficient (Wildman–Crippen LogP) is 3.93. The third-order valence-corrected chi connectivity index (χ3v) is 8.15. The summed E-state index contributed by atoms with van der Waals surface area (Å²) in [7, 11) is -3.74. The van der Waals surface area contributed by atoms with Crippen molar-refractivity contribution in [1.82, 2.24) is 10.3 Å². The Morgan fingerprint density at radius 3 is 2.73 bits per heavy atom. The zero-order valence-electron chi connectivity index (χ0n) is 16.9. The third kappa shape index (κ3) is 3.47. The van der Waals surface area contributed by atoms with Crippen molar-refractivity contribution in [2.45, 2.75) is 42.4 Å². The Balaban J connectivity index is 1.35. The molecule has 0 bridgehead atoms. The van der Waals surface area contributed by atoms with Crippen LogP contribution in [0.5, 0.6) is 0 Å².